The Morgan fingerprint density at radius 3 is 2.32 bits per heavy atom. The highest BCUT2D eigenvalue weighted by Gasteiger charge is 2.29. The quantitative estimate of drug-likeness (QED) is 0.413. The number of ether oxygens (including phenoxy) is 3. The first kappa shape index (κ1) is 27.3. The van der Waals surface area contributed by atoms with Crippen LogP contribution < -0.4 is 23.8 Å². The summed E-state index contributed by atoms with van der Waals surface area (Å²) in [7, 11) is -2.41. The van der Waals surface area contributed by atoms with Crippen molar-refractivity contribution in [2.24, 2.45) is 0 Å². The maximum absolute atomic E-state index is 13.7. The fourth-order valence-corrected chi connectivity index (χ4v) is 5.96. The molecule has 4 rings (SSSR count). The van der Waals surface area contributed by atoms with Gasteiger partial charge in [0.2, 0.25) is 5.91 Å². The number of benzene rings is 3. The highest BCUT2D eigenvalue weighted by Crippen LogP contribution is 2.36. The molecule has 1 amide bonds. The van der Waals surface area contributed by atoms with Crippen molar-refractivity contribution < 1.29 is 27.4 Å². The van der Waals surface area contributed by atoms with E-state index in [2.05, 4.69) is 19.2 Å². The molecule has 1 atom stereocenters. The second kappa shape index (κ2) is 11.3. The van der Waals surface area contributed by atoms with Crippen molar-refractivity contribution in [1.82, 2.24) is 5.32 Å². The van der Waals surface area contributed by atoms with Crippen LogP contribution in [0.5, 0.6) is 17.2 Å². The zero-order valence-corrected chi connectivity index (χ0v) is 23.2. The summed E-state index contributed by atoms with van der Waals surface area (Å²) < 4.78 is 45.3. The second-order valence-electron chi connectivity index (χ2n) is 9.55. The molecule has 9 heteroatoms. The number of hydrogen-bond donors (Lipinski definition) is 1. The average Bonchev–Trinajstić information content (AvgIpc) is 2.91. The van der Waals surface area contributed by atoms with Crippen molar-refractivity contribution in [2.45, 2.75) is 44.6 Å². The van der Waals surface area contributed by atoms with E-state index in [9.17, 15) is 13.2 Å². The van der Waals surface area contributed by atoms with Gasteiger partial charge in [-0.3, -0.25) is 9.10 Å². The topological polar surface area (TPSA) is 94.2 Å². The Morgan fingerprint density at radius 2 is 1.66 bits per heavy atom. The van der Waals surface area contributed by atoms with E-state index >= 15 is 0 Å². The molecule has 0 aromatic heterocycles. The number of sulfonamides is 1. The summed E-state index contributed by atoms with van der Waals surface area (Å²) >= 11 is 0. The third-order valence-corrected chi connectivity index (χ3v) is 8.30. The van der Waals surface area contributed by atoms with Crippen molar-refractivity contribution in [3.63, 3.8) is 0 Å². The van der Waals surface area contributed by atoms with E-state index in [1.54, 1.807) is 43.5 Å². The summed E-state index contributed by atoms with van der Waals surface area (Å²) in [4.78, 5) is 13.4. The molecular formula is C29H34N2O6S. The minimum Gasteiger partial charge on any atom is -0.496 e. The highest BCUT2D eigenvalue weighted by molar-refractivity contribution is 7.92. The number of fused-ring (bicyclic) bond motifs is 1. The molecule has 1 N–H and O–H groups in total. The van der Waals surface area contributed by atoms with E-state index in [1.807, 2.05) is 26.0 Å². The fourth-order valence-electron chi connectivity index (χ4n) is 4.53. The molecule has 0 saturated heterocycles. The van der Waals surface area contributed by atoms with Gasteiger partial charge in [0.15, 0.2) is 11.5 Å². The minimum absolute atomic E-state index is 0.0864. The Morgan fingerprint density at radius 1 is 0.974 bits per heavy atom. The molecule has 1 aliphatic heterocycles. The maximum Gasteiger partial charge on any atom is 0.264 e. The predicted molar refractivity (Wildman–Crippen MR) is 147 cm³/mol. The summed E-state index contributed by atoms with van der Waals surface area (Å²) in [6, 6.07) is 16.6. The van der Waals surface area contributed by atoms with Crippen LogP contribution in [-0.2, 0) is 14.8 Å². The van der Waals surface area contributed by atoms with Gasteiger partial charge in [0.05, 0.1) is 23.7 Å². The SMILES string of the molecule is COc1cc(C)c(C(C)NC(=O)CN(c2ccc3c(c2)OCCO3)S(=O)(=O)c2ccccc2)cc1C(C)C. The van der Waals surface area contributed by atoms with Gasteiger partial charge in [0.1, 0.15) is 25.5 Å². The first-order valence-corrected chi connectivity index (χ1v) is 14.0. The third-order valence-electron chi connectivity index (χ3n) is 6.52. The lowest BCUT2D eigenvalue weighted by Gasteiger charge is -2.27. The molecule has 0 bridgehead atoms. The van der Waals surface area contributed by atoms with E-state index in [1.165, 1.54) is 12.1 Å². The average molecular weight is 539 g/mol. The van der Waals surface area contributed by atoms with Crippen molar-refractivity contribution in [3.8, 4) is 17.2 Å². The molecule has 0 fully saturated rings. The number of aryl methyl sites for hydroxylation is 1. The van der Waals surface area contributed by atoms with Crippen molar-refractivity contribution in [1.29, 1.82) is 0 Å². The Hall–Kier alpha value is -3.72. The number of amides is 1. The van der Waals surface area contributed by atoms with Crippen LogP contribution in [0.1, 0.15) is 49.4 Å². The van der Waals surface area contributed by atoms with E-state index in [0.717, 1.165) is 26.7 Å². The highest BCUT2D eigenvalue weighted by atomic mass is 32.2. The number of anilines is 1. The van der Waals surface area contributed by atoms with E-state index in [-0.39, 0.29) is 16.9 Å². The zero-order valence-electron chi connectivity index (χ0n) is 22.4. The number of carbonyl (C=O) groups is 1. The number of nitrogens with zero attached hydrogens (tertiary/aromatic N) is 1. The monoisotopic (exact) mass is 538 g/mol. The fraction of sp³-hybridized carbons (Fsp3) is 0.345. The molecule has 1 unspecified atom stereocenters. The molecule has 0 radical (unpaired) electrons. The largest absolute Gasteiger partial charge is 0.496 e. The van der Waals surface area contributed by atoms with E-state index in [4.69, 9.17) is 14.2 Å². The predicted octanol–water partition coefficient (Wildman–Crippen LogP) is 4.97. The molecule has 3 aromatic carbocycles. The molecule has 38 heavy (non-hydrogen) atoms. The van der Waals surface area contributed by atoms with Gasteiger partial charge in [-0.25, -0.2) is 8.42 Å². The molecule has 202 valence electrons. The van der Waals surface area contributed by atoms with E-state index < -0.39 is 22.5 Å². The van der Waals surface area contributed by atoms with Crippen LogP contribution in [0.3, 0.4) is 0 Å². The molecule has 0 spiro atoms. The molecule has 8 nitrogen and oxygen atoms in total. The van der Waals surface area contributed by atoms with Gasteiger partial charge >= 0.3 is 0 Å². The van der Waals surface area contributed by atoms with E-state index in [0.29, 0.717) is 30.4 Å². The van der Waals surface area contributed by atoms with Crippen molar-refractivity contribution >= 4 is 21.6 Å². The van der Waals surface area contributed by atoms with Crippen molar-refractivity contribution in [2.75, 3.05) is 31.2 Å². The van der Waals surface area contributed by atoms with Gasteiger partial charge in [-0.05, 0) is 72.9 Å². The summed E-state index contributed by atoms with van der Waals surface area (Å²) in [5.41, 5.74) is 3.27. The van der Waals surface area contributed by atoms with Crippen LogP contribution >= 0.6 is 0 Å². The van der Waals surface area contributed by atoms with Crippen LogP contribution in [0.15, 0.2) is 65.6 Å². The number of hydrogen-bond acceptors (Lipinski definition) is 6. The van der Waals surface area contributed by atoms with Crippen LogP contribution in [0, 0.1) is 6.92 Å². The van der Waals surface area contributed by atoms with Gasteiger partial charge < -0.3 is 19.5 Å². The summed E-state index contributed by atoms with van der Waals surface area (Å²) in [5.74, 6) is 1.57. The van der Waals surface area contributed by atoms with Crippen molar-refractivity contribution in [3.05, 3.63) is 77.4 Å². The van der Waals surface area contributed by atoms with Gasteiger partial charge in [0, 0.05) is 6.07 Å². The summed E-state index contributed by atoms with van der Waals surface area (Å²) in [5, 5.41) is 2.98. The Kier molecular flexibility index (Phi) is 8.16. The lowest BCUT2D eigenvalue weighted by molar-refractivity contribution is -0.120. The maximum atomic E-state index is 13.7. The lowest BCUT2D eigenvalue weighted by Crippen LogP contribution is -2.41. The lowest BCUT2D eigenvalue weighted by atomic mass is 9.93. The Balaban J connectivity index is 1.64. The first-order chi connectivity index (χ1) is 18.1. The van der Waals surface area contributed by atoms with Gasteiger partial charge in [0.25, 0.3) is 10.0 Å². The normalized spacial score (nSPS) is 13.6. The van der Waals surface area contributed by atoms with Crippen LogP contribution in [0.25, 0.3) is 0 Å². The summed E-state index contributed by atoms with van der Waals surface area (Å²) in [6.45, 7) is 8.39. The first-order valence-electron chi connectivity index (χ1n) is 12.6. The van der Waals surface area contributed by atoms with Crippen LogP contribution in [0.4, 0.5) is 5.69 Å². The van der Waals surface area contributed by atoms with Crippen LogP contribution in [-0.4, -0.2) is 41.2 Å². The van der Waals surface area contributed by atoms with Gasteiger partial charge in [-0.1, -0.05) is 32.0 Å². The number of methoxy groups -OCH3 is 1. The standard InChI is InChI=1S/C29H34N2O6S/c1-19(2)24-17-25(20(3)15-27(24)35-5)21(4)30-29(32)18-31(38(33,34)23-9-7-6-8-10-23)22-11-12-26-28(16-22)37-14-13-36-26/h6-12,15-17,19,21H,13-14,18H2,1-5H3,(H,30,32). The van der Waals surface area contributed by atoms with Gasteiger partial charge in [-0.2, -0.15) is 0 Å². The summed E-state index contributed by atoms with van der Waals surface area (Å²) in [6.07, 6.45) is 0. The number of nitrogens with one attached hydrogen (secondary N) is 1. The Labute approximate surface area is 224 Å². The molecule has 0 saturated carbocycles. The molecule has 3 aromatic rings. The Bertz CT molecular complexity index is 1410. The molecule has 1 heterocycles. The molecule has 0 aliphatic carbocycles. The second-order valence-corrected chi connectivity index (χ2v) is 11.4. The number of carbonyl (C=O) groups excluding carboxylic acids is 1. The molecule has 1 aliphatic rings. The van der Waals surface area contributed by atoms with Crippen LogP contribution in [0.2, 0.25) is 0 Å². The molecular weight excluding hydrogens is 504 g/mol. The minimum atomic E-state index is -4.05. The zero-order chi connectivity index (χ0) is 27.4. The smallest absolute Gasteiger partial charge is 0.264 e. The third kappa shape index (κ3) is 5.72. The number of rotatable bonds is 9. The van der Waals surface area contributed by atoms with Gasteiger partial charge in [-0.15, -0.1) is 0 Å².